The number of likely N-dealkylation sites (tertiary alicyclic amines) is 1. The van der Waals surface area contributed by atoms with Gasteiger partial charge in [-0.1, -0.05) is 24.6 Å². The first-order chi connectivity index (χ1) is 6.74. The van der Waals surface area contributed by atoms with Gasteiger partial charge in [-0.25, -0.2) is 0 Å². The summed E-state index contributed by atoms with van der Waals surface area (Å²) >= 11 is 0. The molecule has 1 heterocycles. The third-order valence-electron chi connectivity index (χ3n) is 2.40. The lowest BCUT2D eigenvalue weighted by molar-refractivity contribution is 0.360. The van der Waals surface area contributed by atoms with Crippen molar-refractivity contribution in [3.63, 3.8) is 0 Å². The van der Waals surface area contributed by atoms with Gasteiger partial charge in [0.1, 0.15) is 0 Å². The minimum atomic E-state index is 0.938. The summed E-state index contributed by atoms with van der Waals surface area (Å²) in [5.74, 6) is 0. The van der Waals surface area contributed by atoms with Crippen LogP contribution < -0.4 is 0 Å². The van der Waals surface area contributed by atoms with E-state index in [1.165, 1.54) is 0 Å². The second-order valence-corrected chi connectivity index (χ2v) is 3.11. The smallest absolute Gasteiger partial charge is 0.0502 e. The summed E-state index contributed by atoms with van der Waals surface area (Å²) in [7, 11) is 0. The van der Waals surface area contributed by atoms with E-state index in [9.17, 15) is 0 Å². The van der Waals surface area contributed by atoms with Crippen LogP contribution in [0, 0.1) is 0 Å². The van der Waals surface area contributed by atoms with Gasteiger partial charge in [0, 0.05) is 24.4 Å². The predicted molar refractivity (Wildman–Crippen MR) is 59.8 cm³/mol. The molecule has 0 radical (unpaired) electrons. The van der Waals surface area contributed by atoms with Crippen molar-refractivity contribution in [2.75, 3.05) is 13.1 Å². The molecule has 14 heavy (non-hydrogen) atoms. The first kappa shape index (κ1) is 10.4. The summed E-state index contributed by atoms with van der Waals surface area (Å²) in [5, 5.41) is 0. The van der Waals surface area contributed by atoms with Gasteiger partial charge >= 0.3 is 0 Å². The van der Waals surface area contributed by atoms with Crippen LogP contribution in [0.3, 0.4) is 0 Å². The van der Waals surface area contributed by atoms with Crippen LogP contribution in [0.5, 0.6) is 0 Å². The Balaban J connectivity index is 3.14. The Kier molecular flexibility index (Phi) is 3.40. The molecule has 0 N–H and O–H groups in total. The molecule has 0 saturated carbocycles. The van der Waals surface area contributed by atoms with Crippen molar-refractivity contribution in [3.05, 3.63) is 53.8 Å². The minimum absolute atomic E-state index is 0.938. The third kappa shape index (κ3) is 1.82. The van der Waals surface area contributed by atoms with Gasteiger partial charge in [0.15, 0.2) is 0 Å². The normalized spacial score (nSPS) is 16.1. The third-order valence-corrected chi connectivity index (χ3v) is 2.40. The number of hydrogen-bond donors (Lipinski definition) is 0. The van der Waals surface area contributed by atoms with Crippen molar-refractivity contribution in [1.82, 2.24) is 4.90 Å². The van der Waals surface area contributed by atoms with Crippen molar-refractivity contribution in [3.8, 4) is 0 Å². The summed E-state index contributed by atoms with van der Waals surface area (Å²) in [6.45, 7) is 15.3. The summed E-state index contributed by atoms with van der Waals surface area (Å²) in [6, 6.07) is 0. The Morgan fingerprint density at radius 1 is 1.43 bits per heavy atom. The average molecular weight is 185 g/mol. The fraction of sp³-hybridized carbons (Fsp3) is 0.308. The number of nitrogens with zero attached hydrogens (tertiary/aromatic N) is 1. The van der Waals surface area contributed by atoms with Gasteiger partial charge in [0.05, 0.1) is 5.57 Å². The van der Waals surface area contributed by atoms with E-state index in [2.05, 4.69) is 48.8 Å². The lowest BCUT2D eigenvalue weighted by atomic mass is 9.96. The molecule has 0 aromatic rings. The van der Waals surface area contributed by atoms with Crippen molar-refractivity contribution in [2.24, 2.45) is 0 Å². The van der Waals surface area contributed by atoms with E-state index in [-0.39, 0.29) is 0 Å². The molecule has 1 fully saturated rings. The second-order valence-electron chi connectivity index (χ2n) is 3.11. The maximum Gasteiger partial charge on any atom is 0.0502 e. The Morgan fingerprint density at radius 3 is 2.64 bits per heavy atom. The largest absolute Gasteiger partial charge is 0.371 e. The van der Waals surface area contributed by atoms with Crippen molar-refractivity contribution in [1.29, 1.82) is 0 Å². The Bertz CT molecular complexity index is 381. The van der Waals surface area contributed by atoms with Crippen molar-refractivity contribution >= 4 is 0 Å². The molecule has 0 spiro atoms. The Morgan fingerprint density at radius 2 is 2.14 bits per heavy atom. The van der Waals surface area contributed by atoms with Gasteiger partial charge in [-0.15, -0.1) is 5.73 Å². The van der Waals surface area contributed by atoms with Crippen LogP contribution in [0.25, 0.3) is 0 Å². The molecule has 72 valence electrons. The first-order valence-electron chi connectivity index (χ1n) is 4.73. The molecule has 0 aromatic heterocycles. The molecular weight excluding hydrogens is 170 g/mol. The monoisotopic (exact) mass is 185 g/mol. The molecule has 0 unspecified atom stereocenters. The summed E-state index contributed by atoms with van der Waals surface area (Å²) in [5.41, 5.74) is 11.6. The highest BCUT2D eigenvalue weighted by Gasteiger charge is 2.19. The van der Waals surface area contributed by atoms with E-state index in [0.717, 1.165) is 36.4 Å². The van der Waals surface area contributed by atoms with Crippen LogP contribution in [-0.2, 0) is 0 Å². The second kappa shape index (κ2) is 4.56. The molecule has 0 bridgehead atoms. The van der Waals surface area contributed by atoms with Crippen LogP contribution in [0.2, 0.25) is 0 Å². The topological polar surface area (TPSA) is 3.24 Å². The zero-order valence-corrected chi connectivity index (χ0v) is 8.69. The zero-order chi connectivity index (χ0) is 10.6. The highest BCUT2D eigenvalue weighted by Crippen LogP contribution is 2.27. The van der Waals surface area contributed by atoms with E-state index in [1.54, 1.807) is 0 Å². The van der Waals surface area contributed by atoms with E-state index >= 15 is 0 Å². The molecule has 1 nitrogen and oxygen atoms in total. The number of rotatable bonds is 1. The van der Waals surface area contributed by atoms with Gasteiger partial charge in [-0.2, -0.15) is 0 Å². The predicted octanol–water partition coefficient (Wildman–Crippen LogP) is 2.80. The molecule has 0 amide bonds. The first-order valence-corrected chi connectivity index (χ1v) is 4.73. The van der Waals surface area contributed by atoms with Gasteiger partial charge < -0.3 is 4.90 Å². The number of hydrogen-bond acceptors (Lipinski definition) is 1. The van der Waals surface area contributed by atoms with Crippen molar-refractivity contribution < 1.29 is 0 Å². The van der Waals surface area contributed by atoms with Crippen LogP contribution in [-0.4, -0.2) is 18.0 Å². The fourth-order valence-corrected chi connectivity index (χ4v) is 1.63. The maximum atomic E-state index is 4.03. The molecule has 0 aliphatic carbocycles. The number of allylic oxidation sites excluding steroid dienone is 1. The molecular formula is C13H15N. The van der Waals surface area contributed by atoms with E-state index in [4.69, 9.17) is 0 Å². The van der Waals surface area contributed by atoms with Gasteiger partial charge in [-0.3, -0.25) is 0 Å². The van der Waals surface area contributed by atoms with E-state index < -0.39 is 0 Å². The van der Waals surface area contributed by atoms with Crippen LogP contribution in [0.1, 0.15) is 13.3 Å². The average Bonchev–Trinajstić information content (AvgIpc) is 2.19. The highest BCUT2D eigenvalue weighted by atomic mass is 15.1. The summed E-state index contributed by atoms with van der Waals surface area (Å²) in [6.07, 6.45) is 0.938. The quantitative estimate of drug-likeness (QED) is 0.568. The summed E-state index contributed by atoms with van der Waals surface area (Å²) in [4.78, 5) is 2.21. The minimum Gasteiger partial charge on any atom is -0.371 e. The molecule has 0 atom stereocenters. The van der Waals surface area contributed by atoms with Crippen LogP contribution in [0.15, 0.2) is 53.8 Å². The summed E-state index contributed by atoms with van der Waals surface area (Å²) < 4.78 is 0. The SMILES string of the molecule is C=C=C=C1CCN(CC)C(=C)C1=C=C. The number of piperidine rings is 1. The Hall–Kier alpha value is -1.64. The van der Waals surface area contributed by atoms with E-state index in [1.807, 2.05) is 0 Å². The molecule has 0 aromatic carbocycles. The lowest BCUT2D eigenvalue weighted by Crippen LogP contribution is -2.29. The van der Waals surface area contributed by atoms with Crippen LogP contribution >= 0.6 is 0 Å². The number of likely N-dealkylation sites (N-methyl/N-ethyl adjacent to an activating group) is 1. The van der Waals surface area contributed by atoms with Crippen molar-refractivity contribution in [2.45, 2.75) is 13.3 Å². The molecule has 1 saturated heterocycles. The molecule has 1 heteroatoms. The molecule has 1 aliphatic heterocycles. The molecule has 1 rings (SSSR count). The van der Waals surface area contributed by atoms with Gasteiger partial charge in [-0.05, 0) is 19.9 Å². The van der Waals surface area contributed by atoms with Crippen LogP contribution in [0.4, 0.5) is 0 Å². The van der Waals surface area contributed by atoms with Gasteiger partial charge in [0.2, 0.25) is 0 Å². The molecule has 1 aliphatic rings. The standard InChI is InChI=1S/C13H15N/c1-5-8-12-9-10-14(7-3)11(4)13(12)6-2/h1-2,4,7,9-10H2,3H3. The maximum absolute atomic E-state index is 4.03. The van der Waals surface area contributed by atoms with Gasteiger partial charge in [0.25, 0.3) is 0 Å². The fourth-order valence-electron chi connectivity index (χ4n) is 1.63. The lowest BCUT2D eigenvalue weighted by Gasteiger charge is -2.31. The highest BCUT2D eigenvalue weighted by molar-refractivity contribution is 5.45. The zero-order valence-electron chi connectivity index (χ0n) is 8.69. The van der Waals surface area contributed by atoms with E-state index in [0.29, 0.717) is 0 Å². The Labute approximate surface area is 85.7 Å².